The lowest BCUT2D eigenvalue weighted by molar-refractivity contribution is -0.121. The van der Waals surface area contributed by atoms with E-state index in [0.29, 0.717) is 4.90 Å². The molecule has 1 N–H and O–H groups in total. The van der Waals surface area contributed by atoms with Crippen LogP contribution in [0.25, 0.3) is 0 Å². The average molecular weight is 269 g/mol. The molecule has 1 aromatic rings. The normalized spacial score (nSPS) is 15.2. The highest BCUT2D eigenvalue weighted by molar-refractivity contribution is 6.20. The fourth-order valence-corrected chi connectivity index (χ4v) is 2.02. The molecular weight excluding hydrogens is 260 g/mol. The topological polar surface area (TPSA) is 74.7 Å². The van der Waals surface area contributed by atoms with E-state index in [2.05, 4.69) is 0 Å². The van der Waals surface area contributed by atoms with E-state index < -0.39 is 40.7 Å². The zero-order valence-electron chi connectivity index (χ0n) is 9.87. The zero-order valence-corrected chi connectivity index (χ0v) is 9.87. The number of benzene rings is 1. The molecule has 1 saturated heterocycles. The molecule has 0 unspecified atom stereocenters. The molecule has 0 aliphatic carbocycles. The summed E-state index contributed by atoms with van der Waals surface area (Å²) in [4.78, 5) is 34.5. The van der Waals surface area contributed by atoms with E-state index in [1.165, 1.54) is 6.92 Å². The van der Waals surface area contributed by atoms with Crippen LogP contribution in [0.2, 0.25) is 0 Å². The molecule has 100 valence electrons. The third-order valence-electron chi connectivity index (χ3n) is 2.87. The number of halogens is 2. The number of nitrogens with zero attached hydrogens (tertiary/aromatic N) is 1. The second-order valence-electron chi connectivity index (χ2n) is 4.14. The molecule has 1 aliphatic heterocycles. The highest BCUT2D eigenvalue weighted by Crippen LogP contribution is 2.32. The number of hydrogen-bond donors (Lipinski definition) is 1. The van der Waals surface area contributed by atoms with E-state index >= 15 is 0 Å². The van der Waals surface area contributed by atoms with Crippen molar-refractivity contribution in [1.82, 2.24) is 0 Å². The van der Waals surface area contributed by atoms with E-state index in [4.69, 9.17) is 5.11 Å². The van der Waals surface area contributed by atoms with Crippen LogP contribution in [-0.4, -0.2) is 22.9 Å². The van der Waals surface area contributed by atoms with Gasteiger partial charge in [-0.15, -0.1) is 0 Å². The van der Waals surface area contributed by atoms with Gasteiger partial charge in [0.1, 0.15) is 11.4 Å². The summed E-state index contributed by atoms with van der Waals surface area (Å²) in [5, 5.41) is 8.77. The Labute approximate surface area is 106 Å². The number of aryl methyl sites for hydroxylation is 1. The molecule has 7 heteroatoms. The summed E-state index contributed by atoms with van der Waals surface area (Å²) in [7, 11) is 0. The third kappa shape index (κ3) is 1.96. The van der Waals surface area contributed by atoms with Gasteiger partial charge in [0, 0.05) is 12.8 Å². The Hall–Kier alpha value is -2.31. The van der Waals surface area contributed by atoms with E-state index in [-0.39, 0.29) is 18.4 Å². The van der Waals surface area contributed by atoms with Gasteiger partial charge in [0.15, 0.2) is 5.82 Å². The second kappa shape index (κ2) is 4.42. The molecule has 2 rings (SSSR count). The van der Waals surface area contributed by atoms with Crippen LogP contribution in [0.1, 0.15) is 28.8 Å². The fourth-order valence-electron chi connectivity index (χ4n) is 2.02. The molecule has 1 fully saturated rings. The minimum Gasteiger partial charge on any atom is -0.477 e. The Bertz CT molecular complexity index is 596. The minimum atomic E-state index is -1.80. The van der Waals surface area contributed by atoms with Crippen molar-refractivity contribution in [3.63, 3.8) is 0 Å². The van der Waals surface area contributed by atoms with E-state index in [1.54, 1.807) is 0 Å². The summed E-state index contributed by atoms with van der Waals surface area (Å²) in [5.74, 6) is -5.71. The maximum absolute atomic E-state index is 14.1. The number of carbonyl (C=O) groups is 3. The number of carboxylic acid groups (broad SMARTS) is 1. The lowest BCUT2D eigenvalue weighted by Gasteiger charge is -2.18. The van der Waals surface area contributed by atoms with Crippen molar-refractivity contribution in [2.24, 2.45) is 0 Å². The molecule has 5 nitrogen and oxygen atoms in total. The summed E-state index contributed by atoms with van der Waals surface area (Å²) in [5.41, 5.74) is -1.66. The van der Waals surface area contributed by atoms with Crippen molar-refractivity contribution in [1.29, 1.82) is 0 Å². The molecule has 0 radical (unpaired) electrons. The number of aromatic carboxylic acids is 1. The molecule has 2 amide bonds. The van der Waals surface area contributed by atoms with Crippen LogP contribution >= 0.6 is 0 Å². The van der Waals surface area contributed by atoms with Gasteiger partial charge in [-0.1, -0.05) is 0 Å². The summed E-state index contributed by atoms with van der Waals surface area (Å²) in [6, 6.07) is 0.792. The zero-order chi connectivity index (χ0) is 14.3. The van der Waals surface area contributed by atoms with Crippen LogP contribution in [0.3, 0.4) is 0 Å². The second-order valence-corrected chi connectivity index (χ2v) is 4.14. The number of rotatable bonds is 2. The van der Waals surface area contributed by atoms with Gasteiger partial charge in [-0.25, -0.2) is 18.5 Å². The molecule has 1 aliphatic rings. The standard InChI is InChI=1S/C12H9F2NO4/c1-5-4-6(13)9(12(18)19)10(14)11(5)15-7(16)2-3-8(15)17/h4H,2-3H2,1H3,(H,18,19). The largest absolute Gasteiger partial charge is 0.477 e. The SMILES string of the molecule is Cc1cc(F)c(C(=O)O)c(F)c1N1C(=O)CCC1=O. The number of hydrogen-bond acceptors (Lipinski definition) is 3. The van der Waals surface area contributed by atoms with E-state index in [9.17, 15) is 23.2 Å². The van der Waals surface area contributed by atoms with Gasteiger partial charge in [-0.3, -0.25) is 9.59 Å². The lowest BCUT2D eigenvalue weighted by Crippen LogP contribution is -2.31. The quantitative estimate of drug-likeness (QED) is 0.828. The highest BCUT2D eigenvalue weighted by Gasteiger charge is 2.35. The van der Waals surface area contributed by atoms with Gasteiger partial charge >= 0.3 is 5.97 Å². The monoisotopic (exact) mass is 269 g/mol. The number of carbonyl (C=O) groups excluding carboxylic acids is 2. The van der Waals surface area contributed by atoms with E-state index in [1.807, 2.05) is 0 Å². The number of anilines is 1. The first-order chi connectivity index (χ1) is 8.84. The van der Waals surface area contributed by atoms with E-state index in [0.717, 1.165) is 6.07 Å². The molecule has 0 saturated carbocycles. The molecule has 1 heterocycles. The summed E-state index contributed by atoms with van der Waals surface area (Å²) < 4.78 is 27.5. The Balaban J connectivity index is 2.70. The van der Waals surface area contributed by atoms with Crippen LogP contribution in [0.4, 0.5) is 14.5 Å². The van der Waals surface area contributed by atoms with Crippen molar-refractivity contribution < 1.29 is 28.3 Å². The molecule has 0 aromatic heterocycles. The number of carboxylic acids is 1. The van der Waals surface area contributed by atoms with Crippen LogP contribution in [0.5, 0.6) is 0 Å². The molecule has 1 aromatic carbocycles. The van der Waals surface area contributed by atoms with Crippen LogP contribution in [0, 0.1) is 18.6 Å². The van der Waals surface area contributed by atoms with Gasteiger partial charge in [0.05, 0.1) is 5.69 Å². The van der Waals surface area contributed by atoms with Crippen LogP contribution < -0.4 is 4.90 Å². The molecule has 19 heavy (non-hydrogen) atoms. The minimum absolute atomic E-state index is 0.0106. The smallest absolute Gasteiger partial charge is 0.341 e. The summed E-state index contributed by atoms with van der Waals surface area (Å²) in [6.45, 7) is 1.30. The van der Waals surface area contributed by atoms with Crippen LogP contribution in [0.15, 0.2) is 6.07 Å². The molecule has 0 atom stereocenters. The molecular formula is C12H9F2NO4. The molecule has 0 bridgehead atoms. The summed E-state index contributed by atoms with van der Waals surface area (Å²) in [6.07, 6.45) is -0.144. The van der Waals surface area contributed by atoms with Crippen LogP contribution in [-0.2, 0) is 9.59 Å². The lowest BCUT2D eigenvalue weighted by atomic mass is 10.1. The number of imide groups is 1. The third-order valence-corrected chi connectivity index (χ3v) is 2.87. The van der Waals surface area contributed by atoms with Gasteiger partial charge in [0.2, 0.25) is 11.8 Å². The summed E-state index contributed by atoms with van der Waals surface area (Å²) >= 11 is 0. The highest BCUT2D eigenvalue weighted by atomic mass is 19.1. The van der Waals surface area contributed by atoms with Crippen molar-refractivity contribution in [2.45, 2.75) is 19.8 Å². The van der Waals surface area contributed by atoms with Crippen molar-refractivity contribution in [3.8, 4) is 0 Å². The van der Waals surface area contributed by atoms with Gasteiger partial charge in [-0.2, -0.15) is 0 Å². The Kier molecular flexibility index (Phi) is 3.05. The first kappa shape index (κ1) is 13.1. The Morgan fingerprint density at radius 3 is 2.26 bits per heavy atom. The fraction of sp³-hybridized carbons (Fsp3) is 0.250. The predicted octanol–water partition coefficient (Wildman–Crippen LogP) is 1.62. The van der Waals surface area contributed by atoms with Gasteiger partial charge in [-0.05, 0) is 18.6 Å². The first-order valence-electron chi connectivity index (χ1n) is 5.42. The predicted molar refractivity (Wildman–Crippen MR) is 59.8 cm³/mol. The van der Waals surface area contributed by atoms with Gasteiger partial charge < -0.3 is 5.11 Å². The van der Waals surface area contributed by atoms with Crippen molar-refractivity contribution >= 4 is 23.5 Å². The maximum Gasteiger partial charge on any atom is 0.341 e. The first-order valence-corrected chi connectivity index (χ1v) is 5.42. The molecule has 0 spiro atoms. The van der Waals surface area contributed by atoms with Crippen molar-refractivity contribution in [3.05, 3.63) is 28.8 Å². The Morgan fingerprint density at radius 1 is 1.26 bits per heavy atom. The average Bonchev–Trinajstić information content (AvgIpc) is 2.59. The van der Waals surface area contributed by atoms with Gasteiger partial charge in [0.25, 0.3) is 0 Å². The van der Waals surface area contributed by atoms with Crippen molar-refractivity contribution in [2.75, 3.05) is 4.90 Å². The Morgan fingerprint density at radius 2 is 1.79 bits per heavy atom. The maximum atomic E-state index is 14.1. The number of amides is 2.